The lowest BCUT2D eigenvalue weighted by Crippen LogP contribution is -1.81. The van der Waals surface area contributed by atoms with E-state index in [2.05, 4.69) is 32.4 Å². The second-order valence-corrected chi connectivity index (χ2v) is 4.00. The van der Waals surface area contributed by atoms with E-state index in [4.69, 9.17) is 0 Å². The molecular weight excluding hydrogens is 200 g/mol. The maximum absolute atomic E-state index is 3.88. The Balaban J connectivity index is 2.94. The third-order valence-corrected chi connectivity index (χ3v) is 2.82. The third kappa shape index (κ3) is 1.49. The summed E-state index contributed by atoms with van der Waals surface area (Å²) in [7, 11) is 0. The molecule has 1 rings (SSSR count). The van der Waals surface area contributed by atoms with Crippen LogP contribution in [0.2, 0.25) is 0 Å². The van der Waals surface area contributed by atoms with Gasteiger partial charge in [0.15, 0.2) is 0 Å². The molecular formula is C5H7BrN2S. The van der Waals surface area contributed by atoms with Crippen LogP contribution in [0, 0.1) is 6.92 Å². The summed E-state index contributed by atoms with van der Waals surface area (Å²) in [5, 5.41) is 3.88. The van der Waals surface area contributed by atoms with Crippen molar-refractivity contribution in [2.45, 2.75) is 18.7 Å². The van der Waals surface area contributed by atoms with Crippen molar-refractivity contribution in [3.8, 4) is 0 Å². The zero-order valence-electron chi connectivity index (χ0n) is 5.26. The van der Waals surface area contributed by atoms with E-state index >= 15 is 0 Å². The van der Waals surface area contributed by atoms with E-state index in [-0.39, 0.29) is 0 Å². The van der Waals surface area contributed by atoms with Crippen LogP contribution < -0.4 is 0 Å². The molecule has 0 N–H and O–H groups in total. The molecule has 0 spiro atoms. The molecule has 0 saturated heterocycles. The van der Waals surface area contributed by atoms with E-state index < -0.39 is 0 Å². The normalized spacial score (nSPS) is 13.7. The molecule has 0 aliphatic heterocycles. The summed E-state index contributed by atoms with van der Waals surface area (Å²) >= 11 is 4.89. The number of aryl methyl sites for hydroxylation is 1. The van der Waals surface area contributed by atoms with Gasteiger partial charge in [0.25, 0.3) is 0 Å². The van der Waals surface area contributed by atoms with E-state index in [1.165, 1.54) is 16.4 Å². The number of alkyl halides is 1. The Morgan fingerprint density at radius 1 is 1.67 bits per heavy atom. The lowest BCUT2D eigenvalue weighted by Gasteiger charge is -1.95. The predicted octanol–water partition coefficient (Wildman–Crippen LogP) is 2.30. The first-order valence-electron chi connectivity index (χ1n) is 2.64. The van der Waals surface area contributed by atoms with Gasteiger partial charge in [0.1, 0.15) is 0 Å². The van der Waals surface area contributed by atoms with E-state index in [1.54, 1.807) is 0 Å². The second-order valence-electron chi connectivity index (χ2n) is 1.84. The molecule has 1 aromatic heterocycles. The monoisotopic (exact) mass is 206 g/mol. The van der Waals surface area contributed by atoms with Gasteiger partial charge in [0, 0.05) is 4.83 Å². The highest BCUT2D eigenvalue weighted by Crippen LogP contribution is 2.26. The van der Waals surface area contributed by atoms with E-state index in [9.17, 15) is 0 Å². The van der Waals surface area contributed by atoms with Gasteiger partial charge in [-0.3, -0.25) is 0 Å². The Hall–Kier alpha value is 0.0400. The first kappa shape index (κ1) is 7.15. The Morgan fingerprint density at radius 2 is 2.33 bits per heavy atom. The van der Waals surface area contributed by atoms with Crippen LogP contribution >= 0.6 is 27.5 Å². The second kappa shape index (κ2) is 2.75. The van der Waals surface area contributed by atoms with Crippen molar-refractivity contribution >= 4 is 27.5 Å². The molecule has 0 aliphatic carbocycles. The quantitative estimate of drug-likeness (QED) is 0.660. The van der Waals surface area contributed by atoms with Crippen LogP contribution in [0.1, 0.15) is 22.3 Å². The Bertz CT molecular complexity index is 197. The summed E-state index contributed by atoms with van der Waals surface area (Å²) < 4.78 is 3.80. The van der Waals surface area contributed by atoms with E-state index in [0.29, 0.717) is 4.83 Å². The standard InChI is InChI=1S/C5H7BrN2S/c1-3(6)5-4(2)7-8-9-5/h3H,1-2H3. The van der Waals surface area contributed by atoms with Crippen LogP contribution in [0.3, 0.4) is 0 Å². The van der Waals surface area contributed by atoms with Crippen LogP contribution in [0.4, 0.5) is 0 Å². The van der Waals surface area contributed by atoms with Crippen molar-refractivity contribution in [3.05, 3.63) is 10.6 Å². The van der Waals surface area contributed by atoms with Crippen molar-refractivity contribution in [1.82, 2.24) is 9.59 Å². The summed E-state index contributed by atoms with van der Waals surface area (Å²) in [4.78, 5) is 1.60. The Kier molecular flexibility index (Phi) is 2.18. The molecule has 0 radical (unpaired) electrons. The van der Waals surface area contributed by atoms with Gasteiger partial charge in [-0.15, -0.1) is 5.10 Å². The molecule has 0 bridgehead atoms. The maximum atomic E-state index is 3.88. The first-order chi connectivity index (χ1) is 4.22. The van der Waals surface area contributed by atoms with Crippen molar-refractivity contribution in [2.75, 3.05) is 0 Å². The van der Waals surface area contributed by atoms with Crippen molar-refractivity contribution in [1.29, 1.82) is 0 Å². The largest absolute Gasteiger partial charge is 0.143 e. The van der Waals surface area contributed by atoms with Crippen molar-refractivity contribution < 1.29 is 0 Å². The fourth-order valence-electron chi connectivity index (χ4n) is 0.601. The van der Waals surface area contributed by atoms with Crippen molar-refractivity contribution in [3.63, 3.8) is 0 Å². The summed E-state index contributed by atoms with van der Waals surface area (Å²) in [6.45, 7) is 4.04. The minimum atomic E-state index is 0.387. The van der Waals surface area contributed by atoms with Gasteiger partial charge in [-0.2, -0.15) is 0 Å². The molecule has 1 unspecified atom stereocenters. The zero-order chi connectivity index (χ0) is 6.85. The van der Waals surface area contributed by atoms with E-state index in [0.717, 1.165) is 5.69 Å². The molecule has 1 heterocycles. The predicted molar refractivity (Wildman–Crippen MR) is 42.0 cm³/mol. The van der Waals surface area contributed by atoms with Crippen LogP contribution in [-0.4, -0.2) is 9.59 Å². The number of hydrogen-bond donors (Lipinski definition) is 0. The van der Waals surface area contributed by atoms with Gasteiger partial charge in [0.05, 0.1) is 10.6 Å². The fraction of sp³-hybridized carbons (Fsp3) is 0.600. The van der Waals surface area contributed by atoms with Gasteiger partial charge in [-0.1, -0.05) is 20.4 Å². The highest BCUT2D eigenvalue weighted by Gasteiger charge is 2.07. The first-order valence-corrected chi connectivity index (χ1v) is 4.33. The number of nitrogens with zero attached hydrogens (tertiary/aromatic N) is 2. The number of rotatable bonds is 1. The van der Waals surface area contributed by atoms with Crippen LogP contribution in [-0.2, 0) is 0 Å². The fourth-order valence-corrected chi connectivity index (χ4v) is 1.75. The van der Waals surface area contributed by atoms with Gasteiger partial charge >= 0.3 is 0 Å². The maximum Gasteiger partial charge on any atom is 0.0768 e. The van der Waals surface area contributed by atoms with Gasteiger partial charge < -0.3 is 0 Å². The molecule has 0 amide bonds. The van der Waals surface area contributed by atoms with Gasteiger partial charge in [-0.25, -0.2) is 0 Å². The average molecular weight is 207 g/mol. The molecule has 1 aromatic rings. The molecule has 2 nitrogen and oxygen atoms in total. The van der Waals surface area contributed by atoms with Crippen LogP contribution in [0.15, 0.2) is 0 Å². The zero-order valence-corrected chi connectivity index (χ0v) is 7.66. The van der Waals surface area contributed by atoms with E-state index in [1.807, 2.05) is 6.92 Å². The van der Waals surface area contributed by atoms with Crippen LogP contribution in [0.25, 0.3) is 0 Å². The molecule has 0 fully saturated rings. The summed E-state index contributed by atoms with van der Waals surface area (Å²) in [6.07, 6.45) is 0. The summed E-state index contributed by atoms with van der Waals surface area (Å²) in [5.74, 6) is 0. The Morgan fingerprint density at radius 3 is 2.56 bits per heavy atom. The topological polar surface area (TPSA) is 25.8 Å². The SMILES string of the molecule is Cc1nnsc1C(C)Br. The minimum absolute atomic E-state index is 0.387. The van der Waals surface area contributed by atoms with Crippen LogP contribution in [0.5, 0.6) is 0 Å². The number of hydrogen-bond acceptors (Lipinski definition) is 3. The highest BCUT2D eigenvalue weighted by atomic mass is 79.9. The lowest BCUT2D eigenvalue weighted by molar-refractivity contribution is 1.04. The van der Waals surface area contributed by atoms with Gasteiger partial charge in [-0.05, 0) is 25.4 Å². The third-order valence-electron chi connectivity index (χ3n) is 1.05. The van der Waals surface area contributed by atoms with Crippen molar-refractivity contribution in [2.24, 2.45) is 0 Å². The Labute approximate surface area is 66.6 Å². The number of halogens is 1. The average Bonchev–Trinajstić information content (AvgIpc) is 2.13. The molecule has 9 heavy (non-hydrogen) atoms. The molecule has 0 saturated carbocycles. The summed E-state index contributed by atoms with van der Waals surface area (Å²) in [5.41, 5.74) is 1.03. The highest BCUT2D eigenvalue weighted by molar-refractivity contribution is 9.09. The molecule has 50 valence electrons. The lowest BCUT2D eigenvalue weighted by atomic mass is 10.3. The van der Waals surface area contributed by atoms with Gasteiger partial charge in [0.2, 0.25) is 0 Å². The molecule has 0 aromatic carbocycles. The smallest absolute Gasteiger partial charge is 0.0768 e. The summed E-state index contributed by atoms with van der Waals surface area (Å²) in [6, 6.07) is 0. The minimum Gasteiger partial charge on any atom is -0.143 e. The number of aromatic nitrogens is 2. The molecule has 4 heteroatoms. The molecule has 0 aliphatic rings. The molecule has 1 atom stereocenters.